The Labute approximate surface area is 128 Å². The van der Waals surface area contributed by atoms with Gasteiger partial charge in [0.2, 0.25) is 5.89 Å². The second-order valence-electron chi connectivity index (χ2n) is 5.02. The lowest BCUT2D eigenvalue weighted by Gasteiger charge is -2.28. The van der Waals surface area contributed by atoms with Crippen LogP contribution in [0.1, 0.15) is 24.1 Å². The van der Waals surface area contributed by atoms with Gasteiger partial charge in [0.1, 0.15) is 0 Å². The van der Waals surface area contributed by atoms with Crippen molar-refractivity contribution in [2.75, 3.05) is 20.3 Å². The van der Waals surface area contributed by atoms with Crippen LogP contribution in [0, 0.1) is 0 Å². The molecule has 6 heteroatoms. The third-order valence-corrected chi connectivity index (χ3v) is 4.65. The van der Waals surface area contributed by atoms with Crippen LogP contribution in [0.15, 0.2) is 39.8 Å². The van der Waals surface area contributed by atoms with Gasteiger partial charge in [-0.1, -0.05) is 23.4 Å². The van der Waals surface area contributed by atoms with E-state index in [0.29, 0.717) is 24.3 Å². The highest BCUT2D eigenvalue weighted by Gasteiger charge is 2.30. The predicted octanol–water partition coefficient (Wildman–Crippen LogP) is 2.45. The number of thioether (sulfide) groups is 1. The molecule has 5 nitrogen and oxygen atoms in total. The first-order chi connectivity index (χ1) is 10.4. The number of aromatic nitrogens is 2. The first-order valence-electron chi connectivity index (χ1n) is 7.12. The first-order valence-corrected chi connectivity index (χ1v) is 8.10. The van der Waals surface area contributed by atoms with Gasteiger partial charge in [-0.15, -0.1) is 11.8 Å². The molecule has 1 N–H and O–H groups in total. The average molecular weight is 305 g/mol. The summed E-state index contributed by atoms with van der Waals surface area (Å²) in [5, 5.41) is 7.39. The van der Waals surface area contributed by atoms with Gasteiger partial charge in [0.25, 0.3) is 0 Å². The van der Waals surface area contributed by atoms with E-state index in [0.717, 1.165) is 18.9 Å². The number of benzene rings is 1. The lowest BCUT2D eigenvalue weighted by molar-refractivity contribution is 0.0516. The molecule has 2 aromatic rings. The van der Waals surface area contributed by atoms with Crippen LogP contribution in [0.25, 0.3) is 0 Å². The number of nitrogens with zero attached hydrogens (tertiary/aromatic N) is 2. The largest absolute Gasteiger partial charge is 0.381 e. The zero-order valence-electron chi connectivity index (χ0n) is 12.0. The molecule has 1 aromatic heterocycles. The highest BCUT2D eigenvalue weighted by molar-refractivity contribution is 7.98. The summed E-state index contributed by atoms with van der Waals surface area (Å²) in [6, 6.07) is 10.6. The van der Waals surface area contributed by atoms with Crippen molar-refractivity contribution in [3.63, 3.8) is 0 Å². The topological polar surface area (TPSA) is 60.2 Å². The van der Waals surface area contributed by atoms with E-state index in [1.807, 2.05) is 25.2 Å². The summed E-state index contributed by atoms with van der Waals surface area (Å²) < 4.78 is 11.0. The van der Waals surface area contributed by atoms with Gasteiger partial charge in [0.15, 0.2) is 5.82 Å². The summed E-state index contributed by atoms with van der Waals surface area (Å²) in [6.07, 6.45) is 0.970. The van der Waals surface area contributed by atoms with Gasteiger partial charge in [-0.2, -0.15) is 4.98 Å². The van der Waals surface area contributed by atoms with Crippen LogP contribution in [-0.4, -0.2) is 36.4 Å². The Bertz CT molecular complexity index is 561. The fourth-order valence-corrected chi connectivity index (χ4v) is 3.23. The molecule has 2 atom stereocenters. The maximum Gasteiger partial charge on any atom is 0.233 e. The van der Waals surface area contributed by atoms with E-state index in [4.69, 9.17) is 9.26 Å². The maximum atomic E-state index is 5.53. The van der Waals surface area contributed by atoms with Gasteiger partial charge in [0, 0.05) is 17.5 Å². The molecule has 0 amide bonds. The van der Waals surface area contributed by atoms with Gasteiger partial charge < -0.3 is 14.6 Å². The van der Waals surface area contributed by atoms with E-state index in [2.05, 4.69) is 27.6 Å². The lowest BCUT2D eigenvalue weighted by Crippen LogP contribution is -2.39. The van der Waals surface area contributed by atoms with Crippen LogP contribution in [0.5, 0.6) is 0 Å². The summed E-state index contributed by atoms with van der Waals surface area (Å²) >= 11 is 1.71. The van der Waals surface area contributed by atoms with Crippen LogP contribution in [0.2, 0.25) is 0 Å². The standard InChI is InChI=1S/C15H19N3O2S/c1-16-13-7-8-19-9-12(13)15-17-14(18-20-15)10-21-11-5-3-2-4-6-11/h2-6,12-13,16H,7-10H2,1H3. The zero-order valence-corrected chi connectivity index (χ0v) is 12.8. The van der Waals surface area contributed by atoms with Crippen LogP contribution in [0.3, 0.4) is 0 Å². The SMILES string of the molecule is CNC1CCOCC1c1nc(CSc2ccccc2)no1. The number of ether oxygens (including phenoxy) is 1. The number of likely N-dealkylation sites (N-methyl/N-ethyl adjacent to an activating group) is 1. The van der Waals surface area contributed by atoms with E-state index in [1.165, 1.54) is 4.90 Å². The molecule has 1 aromatic carbocycles. The normalized spacial score (nSPS) is 22.3. The highest BCUT2D eigenvalue weighted by atomic mass is 32.2. The molecule has 112 valence electrons. The molecular weight excluding hydrogens is 286 g/mol. The van der Waals surface area contributed by atoms with Crippen molar-refractivity contribution >= 4 is 11.8 Å². The minimum absolute atomic E-state index is 0.145. The second-order valence-corrected chi connectivity index (χ2v) is 6.06. The molecule has 1 aliphatic heterocycles. The molecule has 1 aliphatic rings. The third-order valence-electron chi connectivity index (χ3n) is 3.64. The molecule has 0 bridgehead atoms. The molecule has 3 rings (SSSR count). The number of rotatable bonds is 5. The molecule has 0 spiro atoms. The molecule has 2 unspecified atom stereocenters. The highest BCUT2D eigenvalue weighted by Crippen LogP contribution is 2.26. The number of hydrogen-bond acceptors (Lipinski definition) is 6. The van der Waals surface area contributed by atoms with Crippen molar-refractivity contribution in [3.05, 3.63) is 42.0 Å². The van der Waals surface area contributed by atoms with E-state index in [-0.39, 0.29) is 5.92 Å². The first kappa shape index (κ1) is 14.6. The van der Waals surface area contributed by atoms with Gasteiger partial charge in [0.05, 0.1) is 18.3 Å². The van der Waals surface area contributed by atoms with Gasteiger partial charge in [-0.3, -0.25) is 0 Å². The van der Waals surface area contributed by atoms with Gasteiger partial charge in [-0.05, 0) is 25.6 Å². The molecule has 0 saturated carbocycles. The van der Waals surface area contributed by atoms with E-state index in [9.17, 15) is 0 Å². The molecular formula is C15H19N3O2S. The summed E-state index contributed by atoms with van der Waals surface area (Å²) in [7, 11) is 1.96. The third kappa shape index (κ3) is 3.64. The van der Waals surface area contributed by atoms with Crippen molar-refractivity contribution in [2.45, 2.75) is 29.0 Å². The lowest BCUT2D eigenvalue weighted by atomic mass is 9.96. The number of hydrogen-bond donors (Lipinski definition) is 1. The summed E-state index contributed by atoms with van der Waals surface area (Å²) in [5.74, 6) is 2.27. The number of nitrogens with one attached hydrogen (secondary N) is 1. The Hall–Kier alpha value is -1.37. The van der Waals surface area contributed by atoms with Crippen LogP contribution in [-0.2, 0) is 10.5 Å². The molecule has 1 saturated heterocycles. The molecule has 1 fully saturated rings. The molecule has 0 aliphatic carbocycles. The summed E-state index contributed by atoms with van der Waals surface area (Å²) in [5.41, 5.74) is 0. The zero-order chi connectivity index (χ0) is 14.5. The molecule has 21 heavy (non-hydrogen) atoms. The van der Waals surface area contributed by atoms with Crippen LogP contribution < -0.4 is 5.32 Å². The van der Waals surface area contributed by atoms with Crippen molar-refractivity contribution < 1.29 is 9.26 Å². The van der Waals surface area contributed by atoms with E-state index >= 15 is 0 Å². The molecule has 0 radical (unpaired) electrons. The van der Waals surface area contributed by atoms with Crippen molar-refractivity contribution in [2.24, 2.45) is 0 Å². The van der Waals surface area contributed by atoms with Gasteiger partial charge in [-0.25, -0.2) is 0 Å². The van der Waals surface area contributed by atoms with Crippen LogP contribution in [0.4, 0.5) is 0 Å². The van der Waals surface area contributed by atoms with Crippen molar-refractivity contribution in [3.8, 4) is 0 Å². The Balaban J connectivity index is 1.63. The minimum Gasteiger partial charge on any atom is -0.381 e. The quantitative estimate of drug-likeness (QED) is 0.856. The fraction of sp³-hybridized carbons (Fsp3) is 0.467. The Morgan fingerprint density at radius 3 is 3.00 bits per heavy atom. The maximum absolute atomic E-state index is 5.53. The van der Waals surface area contributed by atoms with Crippen LogP contribution >= 0.6 is 11.8 Å². The Morgan fingerprint density at radius 1 is 1.33 bits per heavy atom. The monoisotopic (exact) mass is 305 g/mol. The summed E-state index contributed by atoms with van der Waals surface area (Å²) in [6.45, 7) is 1.42. The van der Waals surface area contributed by atoms with E-state index in [1.54, 1.807) is 11.8 Å². The van der Waals surface area contributed by atoms with Crippen molar-refractivity contribution in [1.82, 2.24) is 15.5 Å². The summed E-state index contributed by atoms with van der Waals surface area (Å²) in [4.78, 5) is 5.74. The Morgan fingerprint density at radius 2 is 2.19 bits per heavy atom. The van der Waals surface area contributed by atoms with Gasteiger partial charge >= 0.3 is 0 Å². The van der Waals surface area contributed by atoms with Crippen molar-refractivity contribution in [1.29, 1.82) is 0 Å². The second kappa shape index (κ2) is 7.06. The molecule has 2 heterocycles. The Kier molecular flexibility index (Phi) is 4.90. The minimum atomic E-state index is 0.145. The fourth-order valence-electron chi connectivity index (χ4n) is 2.47. The average Bonchev–Trinajstić information content (AvgIpc) is 3.02. The predicted molar refractivity (Wildman–Crippen MR) is 81.3 cm³/mol. The smallest absolute Gasteiger partial charge is 0.233 e. The van der Waals surface area contributed by atoms with E-state index < -0.39 is 0 Å².